The van der Waals surface area contributed by atoms with Gasteiger partial charge in [-0.05, 0) is 37.8 Å². The number of rotatable bonds is 6. The van der Waals surface area contributed by atoms with Crippen molar-refractivity contribution in [1.29, 1.82) is 0 Å². The number of hydrogen-bond donors (Lipinski definition) is 1. The van der Waals surface area contributed by atoms with E-state index in [-0.39, 0.29) is 0 Å². The molecular weight excluding hydrogens is 234 g/mol. The fraction of sp³-hybridized carbons (Fsp3) is 0.647. The van der Waals surface area contributed by atoms with Crippen LogP contribution >= 0.6 is 0 Å². The molecule has 0 spiro atoms. The number of ether oxygens (including phenoxy) is 1. The summed E-state index contributed by atoms with van der Waals surface area (Å²) in [6, 6.07) is 8.94. The lowest BCUT2D eigenvalue weighted by atomic mass is 9.80. The molecule has 1 aliphatic rings. The van der Waals surface area contributed by atoms with E-state index in [0.717, 1.165) is 32.7 Å². The van der Waals surface area contributed by atoms with Crippen molar-refractivity contribution in [2.45, 2.75) is 33.6 Å². The zero-order valence-electron chi connectivity index (χ0n) is 12.5. The van der Waals surface area contributed by atoms with Crippen molar-refractivity contribution in [2.24, 2.45) is 11.3 Å². The largest absolute Gasteiger partial charge is 0.381 e. The van der Waals surface area contributed by atoms with Crippen molar-refractivity contribution >= 4 is 0 Å². The summed E-state index contributed by atoms with van der Waals surface area (Å²) < 4.78 is 5.67. The Bertz CT molecular complexity index is 377. The monoisotopic (exact) mass is 261 g/mol. The predicted molar refractivity (Wildman–Crippen MR) is 80.5 cm³/mol. The fourth-order valence-electron chi connectivity index (χ4n) is 2.76. The highest BCUT2D eigenvalue weighted by atomic mass is 16.5. The molecule has 1 saturated heterocycles. The Labute approximate surface area is 117 Å². The lowest BCUT2D eigenvalue weighted by Gasteiger charge is -2.28. The number of nitrogens with one attached hydrogen (secondary N) is 1. The van der Waals surface area contributed by atoms with Gasteiger partial charge in [-0.15, -0.1) is 0 Å². The highest BCUT2D eigenvalue weighted by molar-refractivity contribution is 5.22. The smallest absolute Gasteiger partial charge is 0.0538 e. The molecule has 1 aromatic carbocycles. The van der Waals surface area contributed by atoms with Crippen LogP contribution in [0.4, 0.5) is 0 Å². The van der Waals surface area contributed by atoms with Gasteiger partial charge in [0.15, 0.2) is 0 Å². The molecule has 0 amide bonds. The summed E-state index contributed by atoms with van der Waals surface area (Å²) in [6.07, 6.45) is 2.30. The van der Waals surface area contributed by atoms with Crippen LogP contribution < -0.4 is 5.32 Å². The van der Waals surface area contributed by atoms with Gasteiger partial charge in [0.05, 0.1) is 6.61 Å². The minimum atomic E-state index is 0.296. The molecule has 1 fully saturated rings. The normalized spacial score (nSPS) is 23.2. The van der Waals surface area contributed by atoms with Gasteiger partial charge >= 0.3 is 0 Å². The summed E-state index contributed by atoms with van der Waals surface area (Å²) in [4.78, 5) is 0. The molecule has 0 bridgehead atoms. The topological polar surface area (TPSA) is 21.3 Å². The fourth-order valence-corrected chi connectivity index (χ4v) is 2.76. The summed E-state index contributed by atoms with van der Waals surface area (Å²) in [7, 11) is 0. The van der Waals surface area contributed by atoms with Crippen LogP contribution in [0.2, 0.25) is 0 Å². The molecular formula is C17H27NO. The quantitative estimate of drug-likeness (QED) is 0.849. The average molecular weight is 261 g/mol. The van der Waals surface area contributed by atoms with Gasteiger partial charge in [0, 0.05) is 18.6 Å². The minimum absolute atomic E-state index is 0.296. The summed E-state index contributed by atoms with van der Waals surface area (Å²) in [5.74, 6) is 0.707. The number of hydrogen-bond acceptors (Lipinski definition) is 2. The Kier molecular flexibility index (Phi) is 5.00. The average Bonchev–Trinajstić information content (AvgIpc) is 2.81. The van der Waals surface area contributed by atoms with Crippen LogP contribution in [0.1, 0.15) is 31.4 Å². The Balaban J connectivity index is 1.96. The molecule has 0 radical (unpaired) electrons. The van der Waals surface area contributed by atoms with E-state index in [4.69, 9.17) is 4.74 Å². The molecule has 1 aliphatic heterocycles. The van der Waals surface area contributed by atoms with Gasteiger partial charge < -0.3 is 10.1 Å². The van der Waals surface area contributed by atoms with Gasteiger partial charge in [0.2, 0.25) is 0 Å². The van der Waals surface area contributed by atoms with Gasteiger partial charge in [0.25, 0.3) is 0 Å². The maximum atomic E-state index is 5.67. The summed E-state index contributed by atoms with van der Waals surface area (Å²) in [5, 5.41) is 3.62. The molecule has 1 N–H and O–H groups in total. The van der Waals surface area contributed by atoms with Crippen molar-refractivity contribution < 1.29 is 4.74 Å². The second-order valence-electron chi connectivity index (χ2n) is 6.49. The first kappa shape index (κ1) is 14.5. The van der Waals surface area contributed by atoms with Crippen molar-refractivity contribution in [3.05, 3.63) is 35.4 Å². The molecule has 0 aliphatic carbocycles. The zero-order valence-corrected chi connectivity index (χ0v) is 12.5. The highest BCUT2D eigenvalue weighted by Crippen LogP contribution is 2.32. The third-order valence-corrected chi connectivity index (χ3v) is 3.94. The van der Waals surface area contributed by atoms with Crippen molar-refractivity contribution in [1.82, 2.24) is 5.32 Å². The lowest BCUT2D eigenvalue weighted by molar-refractivity contribution is 0.148. The molecule has 2 nitrogen and oxygen atoms in total. The van der Waals surface area contributed by atoms with Gasteiger partial charge in [-0.25, -0.2) is 0 Å². The summed E-state index contributed by atoms with van der Waals surface area (Å²) in [6.45, 7) is 10.6. The molecule has 106 valence electrons. The van der Waals surface area contributed by atoms with Crippen molar-refractivity contribution in [2.75, 3.05) is 26.3 Å². The van der Waals surface area contributed by atoms with Gasteiger partial charge in [0.1, 0.15) is 0 Å². The molecule has 2 heteroatoms. The standard InChI is InChI=1S/C17H27NO/c1-14(2)11-18-12-17(8-9-19-13-17)10-16-6-4-15(3)5-7-16/h4-7,14,18H,8-13H2,1-3H3. The number of aryl methyl sites for hydroxylation is 1. The van der Waals surface area contributed by atoms with Gasteiger partial charge in [-0.1, -0.05) is 43.7 Å². The van der Waals surface area contributed by atoms with E-state index in [1.807, 2.05) is 0 Å². The van der Waals surface area contributed by atoms with E-state index in [0.29, 0.717) is 11.3 Å². The van der Waals surface area contributed by atoms with Gasteiger partial charge in [-0.3, -0.25) is 0 Å². The van der Waals surface area contributed by atoms with Crippen molar-refractivity contribution in [3.8, 4) is 0 Å². The van der Waals surface area contributed by atoms with Crippen LogP contribution in [0.5, 0.6) is 0 Å². The van der Waals surface area contributed by atoms with E-state index in [9.17, 15) is 0 Å². The first-order valence-corrected chi connectivity index (χ1v) is 7.44. The van der Waals surface area contributed by atoms with Crippen LogP contribution in [0.25, 0.3) is 0 Å². The molecule has 19 heavy (non-hydrogen) atoms. The zero-order chi connectivity index (χ0) is 13.7. The van der Waals surface area contributed by atoms with E-state index in [2.05, 4.69) is 50.4 Å². The Morgan fingerprint density at radius 1 is 1.26 bits per heavy atom. The van der Waals surface area contributed by atoms with E-state index >= 15 is 0 Å². The van der Waals surface area contributed by atoms with Crippen LogP contribution in [0, 0.1) is 18.3 Å². The SMILES string of the molecule is Cc1ccc(CC2(CNCC(C)C)CCOC2)cc1. The van der Waals surface area contributed by atoms with E-state index in [1.54, 1.807) is 0 Å². The maximum absolute atomic E-state index is 5.67. The summed E-state index contributed by atoms with van der Waals surface area (Å²) in [5.41, 5.74) is 3.06. The maximum Gasteiger partial charge on any atom is 0.0538 e. The van der Waals surface area contributed by atoms with E-state index in [1.165, 1.54) is 17.5 Å². The minimum Gasteiger partial charge on any atom is -0.381 e. The third kappa shape index (κ3) is 4.32. The van der Waals surface area contributed by atoms with Crippen LogP contribution in [0.15, 0.2) is 24.3 Å². The van der Waals surface area contributed by atoms with Crippen LogP contribution in [0.3, 0.4) is 0 Å². The molecule has 0 saturated carbocycles. The second kappa shape index (κ2) is 6.53. The molecule has 2 rings (SSSR count). The first-order valence-electron chi connectivity index (χ1n) is 7.44. The van der Waals surface area contributed by atoms with Crippen LogP contribution in [-0.2, 0) is 11.2 Å². The van der Waals surface area contributed by atoms with Gasteiger partial charge in [-0.2, -0.15) is 0 Å². The molecule has 0 aromatic heterocycles. The highest BCUT2D eigenvalue weighted by Gasteiger charge is 2.34. The molecule has 1 aromatic rings. The molecule has 1 atom stereocenters. The number of benzene rings is 1. The Hall–Kier alpha value is -0.860. The van der Waals surface area contributed by atoms with Crippen LogP contribution in [-0.4, -0.2) is 26.3 Å². The lowest BCUT2D eigenvalue weighted by Crippen LogP contribution is -2.38. The molecule has 1 heterocycles. The Morgan fingerprint density at radius 2 is 2.00 bits per heavy atom. The third-order valence-electron chi connectivity index (χ3n) is 3.94. The molecule has 1 unspecified atom stereocenters. The Morgan fingerprint density at radius 3 is 2.58 bits per heavy atom. The second-order valence-corrected chi connectivity index (χ2v) is 6.49. The first-order chi connectivity index (χ1) is 9.10. The predicted octanol–water partition coefficient (Wildman–Crippen LogP) is 3.19. The van der Waals surface area contributed by atoms with E-state index < -0.39 is 0 Å². The summed E-state index contributed by atoms with van der Waals surface area (Å²) >= 11 is 0. The van der Waals surface area contributed by atoms with Crippen molar-refractivity contribution in [3.63, 3.8) is 0 Å².